The van der Waals surface area contributed by atoms with Crippen LogP contribution in [0.15, 0.2) is 133 Å². The van der Waals surface area contributed by atoms with E-state index in [-0.39, 0.29) is 16.7 Å². The summed E-state index contributed by atoms with van der Waals surface area (Å²) in [6, 6.07) is 39.5. The summed E-state index contributed by atoms with van der Waals surface area (Å²) in [6.07, 6.45) is 0. The van der Waals surface area contributed by atoms with Crippen molar-refractivity contribution in [1.82, 2.24) is 4.57 Å². The van der Waals surface area contributed by atoms with Gasteiger partial charge < -0.3 is 19.9 Å². The molecule has 44 heavy (non-hydrogen) atoms. The molecule has 0 aliphatic carbocycles. The lowest BCUT2D eigenvalue weighted by molar-refractivity contribution is 0.0686. The smallest absolute Gasteiger partial charge is 0.335 e. The van der Waals surface area contributed by atoms with Gasteiger partial charge in [0, 0.05) is 16.8 Å². The Morgan fingerprint density at radius 3 is 1.02 bits per heavy atom. The van der Waals surface area contributed by atoms with E-state index in [2.05, 4.69) is 0 Å². The number of aromatic carboxylic acids is 3. The van der Waals surface area contributed by atoms with Gasteiger partial charge in [0.15, 0.2) is 0 Å². The van der Waals surface area contributed by atoms with Crippen molar-refractivity contribution in [2.75, 3.05) is 0 Å². The van der Waals surface area contributed by atoms with Gasteiger partial charge in [-0.3, -0.25) is 0 Å². The summed E-state index contributed by atoms with van der Waals surface area (Å²) >= 11 is 0. The molecule has 1 heterocycles. The minimum Gasteiger partial charge on any atom is -0.478 e. The fraction of sp³-hybridized carbons (Fsp3) is 0. The summed E-state index contributed by atoms with van der Waals surface area (Å²) in [6.45, 7) is 0. The summed E-state index contributed by atoms with van der Waals surface area (Å²) in [5.41, 5.74) is 7.65. The lowest BCUT2D eigenvalue weighted by Gasteiger charge is -2.16. The molecule has 0 aliphatic rings. The number of carboxylic acid groups (broad SMARTS) is 3. The van der Waals surface area contributed by atoms with Crippen LogP contribution in [0.5, 0.6) is 0 Å². The highest BCUT2D eigenvalue weighted by Crippen LogP contribution is 2.49. The van der Waals surface area contributed by atoms with Crippen molar-refractivity contribution in [1.29, 1.82) is 0 Å². The molecule has 0 amide bonds. The van der Waals surface area contributed by atoms with E-state index < -0.39 is 17.9 Å². The summed E-state index contributed by atoms with van der Waals surface area (Å²) in [5, 5.41) is 28.8. The van der Waals surface area contributed by atoms with E-state index in [4.69, 9.17) is 0 Å². The largest absolute Gasteiger partial charge is 0.478 e. The van der Waals surface area contributed by atoms with Gasteiger partial charge >= 0.3 is 17.9 Å². The molecule has 0 saturated carbocycles. The summed E-state index contributed by atoms with van der Waals surface area (Å²) in [4.78, 5) is 35.2. The number of benzene rings is 5. The van der Waals surface area contributed by atoms with Crippen LogP contribution in [0.25, 0.3) is 50.5 Å². The van der Waals surface area contributed by atoms with Gasteiger partial charge in [-0.1, -0.05) is 84.9 Å². The number of hydrogen-bond donors (Lipinski definition) is 3. The first-order valence-electron chi connectivity index (χ1n) is 13.7. The molecular formula is C37H25NO6. The molecule has 5 aromatic carbocycles. The minimum atomic E-state index is -1.05. The Balaban J connectivity index is 1.80. The Kier molecular flexibility index (Phi) is 7.35. The number of nitrogens with zero attached hydrogens (tertiary/aromatic N) is 1. The zero-order chi connectivity index (χ0) is 30.8. The third-order valence-corrected chi connectivity index (χ3v) is 7.48. The van der Waals surface area contributed by atoms with Crippen LogP contribution >= 0.6 is 0 Å². The van der Waals surface area contributed by atoms with E-state index in [9.17, 15) is 29.7 Å². The standard InChI is InChI=1S/C37H25NO6/c39-35(40)27-15-11-25(12-16-27)33-31(23-7-3-1-4-8-23)32(24-9-5-2-6-10-24)34(26-13-17-28(18-14-26)36(41)42)38(33)30-21-19-29(20-22-30)37(43)44/h1-22H,(H,39,40)(H,41,42)(H,43,44). The molecule has 1 aromatic heterocycles. The highest BCUT2D eigenvalue weighted by Gasteiger charge is 2.28. The fourth-order valence-corrected chi connectivity index (χ4v) is 5.44. The zero-order valence-electron chi connectivity index (χ0n) is 23.2. The molecule has 0 fully saturated rings. The summed E-state index contributed by atoms with van der Waals surface area (Å²) in [5.74, 6) is -3.12. The van der Waals surface area contributed by atoms with Crippen molar-refractivity contribution in [2.24, 2.45) is 0 Å². The first kappa shape index (κ1) is 27.9. The predicted molar refractivity (Wildman–Crippen MR) is 168 cm³/mol. The van der Waals surface area contributed by atoms with Gasteiger partial charge in [0.1, 0.15) is 0 Å². The van der Waals surface area contributed by atoms with Crippen LogP contribution < -0.4 is 0 Å². The van der Waals surface area contributed by atoms with Gasteiger partial charge in [-0.05, 0) is 70.8 Å². The predicted octanol–water partition coefficient (Wildman–Crippen LogP) is 8.24. The van der Waals surface area contributed by atoms with Crippen LogP contribution in [0.3, 0.4) is 0 Å². The van der Waals surface area contributed by atoms with Crippen molar-refractivity contribution in [3.63, 3.8) is 0 Å². The van der Waals surface area contributed by atoms with Crippen LogP contribution in [-0.4, -0.2) is 37.8 Å². The van der Waals surface area contributed by atoms with Gasteiger partial charge in [0.05, 0.1) is 28.1 Å². The van der Waals surface area contributed by atoms with Crippen molar-refractivity contribution >= 4 is 17.9 Å². The molecule has 0 atom stereocenters. The highest BCUT2D eigenvalue weighted by atomic mass is 16.4. The lowest BCUT2D eigenvalue weighted by Crippen LogP contribution is -2.03. The van der Waals surface area contributed by atoms with E-state index in [1.54, 1.807) is 60.7 Å². The first-order valence-corrected chi connectivity index (χ1v) is 13.7. The van der Waals surface area contributed by atoms with Crippen molar-refractivity contribution in [3.05, 3.63) is 150 Å². The molecule has 0 aliphatic heterocycles. The third-order valence-electron chi connectivity index (χ3n) is 7.48. The number of hydrogen-bond acceptors (Lipinski definition) is 3. The summed E-state index contributed by atoms with van der Waals surface area (Å²) < 4.78 is 2.03. The Labute approximate surface area is 252 Å². The number of carbonyl (C=O) groups is 3. The van der Waals surface area contributed by atoms with Crippen molar-refractivity contribution in [2.45, 2.75) is 0 Å². The number of aromatic nitrogens is 1. The maximum Gasteiger partial charge on any atom is 0.335 e. The quantitative estimate of drug-likeness (QED) is 0.167. The topological polar surface area (TPSA) is 117 Å². The van der Waals surface area contributed by atoms with E-state index in [1.165, 1.54) is 12.1 Å². The number of rotatable bonds is 8. The van der Waals surface area contributed by atoms with Gasteiger partial charge in [-0.15, -0.1) is 0 Å². The molecule has 7 heteroatoms. The van der Waals surface area contributed by atoms with Crippen molar-refractivity contribution < 1.29 is 29.7 Å². The number of carboxylic acids is 3. The molecule has 0 saturated heterocycles. The van der Waals surface area contributed by atoms with E-state index in [0.717, 1.165) is 44.8 Å². The molecule has 7 nitrogen and oxygen atoms in total. The van der Waals surface area contributed by atoms with Gasteiger partial charge in [0.25, 0.3) is 0 Å². The van der Waals surface area contributed by atoms with Crippen LogP contribution in [0, 0.1) is 0 Å². The maximum absolute atomic E-state index is 11.7. The Morgan fingerprint density at radius 1 is 0.386 bits per heavy atom. The molecule has 6 rings (SSSR count). The molecule has 3 N–H and O–H groups in total. The van der Waals surface area contributed by atoms with Crippen LogP contribution in [0.2, 0.25) is 0 Å². The van der Waals surface area contributed by atoms with E-state index in [0.29, 0.717) is 5.69 Å². The van der Waals surface area contributed by atoms with E-state index >= 15 is 0 Å². The lowest BCUT2D eigenvalue weighted by atomic mass is 9.91. The maximum atomic E-state index is 11.7. The second kappa shape index (κ2) is 11.6. The second-order valence-corrected chi connectivity index (χ2v) is 10.1. The van der Waals surface area contributed by atoms with Crippen LogP contribution in [-0.2, 0) is 0 Å². The molecule has 0 spiro atoms. The van der Waals surface area contributed by atoms with E-state index in [1.807, 2.05) is 65.2 Å². The van der Waals surface area contributed by atoms with Gasteiger partial charge in [0.2, 0.25) is 0 Å². The van der Waals surface area contributed by atoms with Gasteiger partial charge in [-0.2, -0.15) is 0 Å². The molecule has 214 valence electrons. The highest BCUT2D eigenvalue weighted by molar-refractivity contribution is 6.03. The molecule has 0 radical (unpaired) electrons. The first-order chi connectivity index (χ1) is 21.3. The van der Waals surface area contributed by atoms with Gasteiger partial charge in [-0.25, -0.2) is 14.4 Å². The molecule has 6 aromatic rings. The van der Waals surface area contributed by atoms with Crippen molar-refractivity contribution in [3.8, 4) is 50.5 Å². The average Bonchev–Trinajstić information content (AvgIpc) is 3.42. The molecule has 0 bridgehead atoms. The Hall–Kier alpha value is -6.21. The Bertz CT molecular complexity index is 1870. The summed E-state index contributed by atoms with van der Waals surface area (Å²) in [7, 11) is 0. The SMILES string of the molecule is O=C(O)c1ccc(-c2c(-c3ccccc3)c(-c3ccccc3)c(-c3ccc(C(=O)O)cc3)n2-c2ccc(C(=O)O)cc2)cc1. The third kappa shape index (κ3) is 5.14. The normalized spacial score (nSPS) is 10.8. The van der Waals surface area contributed by atoms with Crippen LogP contribution in [0.1, 0.15) is 31.1 Å². The minimum absolute atomic E-state index is 0.132. The Morgan fingerprint density at radius 2 is 0.705 bits per heavy atom. The zero-order valence-corrected chi connectivity index (χ0v) is 23.2. The van der Waals surface area contributed by atoms with Crippen LogP contribution in [0.4, 0.5) is 0 Å². The molecular weight excluding hydrogens is 554 g/mol. The monoisotopic (exact) mass is 579 g/mol. The second-order valence-electron chi connectivity index (χ2n) is 10.1. The fourth-order valence-electron chi connectivity index (χ4n) is 5.44. The molecule has 0 unspecified atom stereocenters. The average molecular weight is 580 g/mol.